The van der Waals surface area contributed by atoms with Crippen LogP contribution in [0.25, 0.3) is 0 Å². The number of nitrogens with two attached hydrogens (primary N) is 2. The van der Waals surface area contributed by atoms with Crippen molar-refractivity contribution in [3.05, 3.63) is 0 Å². The van der Waals surface area contributed by atoms with Gasteiger partial charge >= 0.3 is 26.2 Å². The van der Waals surface area contributed by atoms with E-state index in [0.717, 1.165) is 51.4 Å². The minimum atomic E-state index is -1.14. The van der Waals surface area contributed by atoms with Gasteiger partial charge in [0.05, 0.1) is 36.9 Å². The molecule has 0 spiro atoms. The van der Waals surface area contributed by atoms with Crippen molar-refractivity contribution in [1.82, 2.24) is 10.6 Å². The Balaban J connectivity index is 0.000000240. The van der Waals surface area contributed by atoms with Gasteiger partial charge in [0.15, 0.2) is 0 Å². The number of rotatable bonds is 10. The molecule has 4 atom stereocenters. The van der Waals surface area contributed by atoms with Gasteiger partial charge in [-0.3, -0.25) is 19.2 Å². The van der Waals surface area contributed by atoms with Gasteiger partial charge in [-0.1, -0.05) is 0 Å². The number of amides is 2. The first-order valence-electron chi connectivity index (χ1n) is 16.1. The van der Waals surface area contributed by atoms with Gasteiger partial charge in [0, 0.05) is 24.9 Å². The fourth-order valence-corrected chi connectivity index (χ4v) is 6.55. The van der Waals surface area contributed by atoms with Crippen LogP contribution in [-0.2, 0) is 28.5 Å². The van der Waals surface area contributed by atoms with Gasteiger partial charge < -0.3 is 51.7 Å². The molecule has 2 saturated heterocycles. The summed E-state index contributed by atoms with van der Waals surface area (Å²) in [4.78, 5) is 45.4. The maximum atomic E-state index is 12.1. The van der Waals surface area contributed by atoms with Crippen molar-refractivity contribution in [1.29, 1.82) is 0 Å². The summed E-state index contributed by atoms with van der Waals surface area (Å²) in [7, 11) is -2.27. The lowest BCUT2D eigenvalue weighted by atomic mass is 9.72. The number of hydrogen-bond donors (Lipinski definition) is 8. The minimum absolute atomic E-state index is 0.0789. The van der Waals surface area contributed by atoms with Crippen LogP contribution in [0.15, 0.2) is 0 Å². The third-order valence-corrected chi connectivity index (χ3v) is 9.18. The van der Waals surface area contributed by atoms with Gasteiger partial charge in [-0.05, 0) is 88.9 Å². The summed E-state index contributed by atoms with van der Waals surface area (Å²) in [6.07, 6.45) is 9.52. The Hall–Kier alpha value is -2.23. The zero-order chi connectivity index (χ0) is 32.2. The SMILES string of the molecule is NC1CCC(CC(=O)N[C@H]2CC[C@@H](CC(=O)O)OB2O)CC1.NC1CCC(CC(=O)N[C@H]2CC[C@@H](CC(=O)O)OB2O)CC1. The van der Waals surface area contributed by atoms with Crippen LogP contribution in [0.3, 0.4) is 0 Å². The van der Waals surface area contributed by atoms with Gasteiger partial charge in [-0.15, -0.1) is 0 Å². The minimum Gasteiger partial charge on any atom is -0.481 e. The zero-order valence-electron chi connectivity index (χ0n) is 25.5. The van der Waals surface area contributed by atoms with E-state index in [2.05, 4.69) is 10.6 Å². The van der Waals surface area contributed by atoms with E-state index in [1.165, 1.54) is 0 Å². The quantitative estimate of drug-likeness (QED) is 0.151. The topological polar surface area (TPSA) is 244 Å². The molecule has 2 aliphatic heterocycles. The van der Waals surface area contributed by atoms with Gasteiger partial charge in [0.1, 0.15) is 0 Å². The second-order valence-corrected chi connectivity index (χ2v) is 13.0. The average molecular weight is 624 g/mol. The fourth-order valence-electron chi connectivity index (χ4n) is 6.55. The van der Waals surface area contributed by atoms with Crippen LogP contribution in [0.1, 0.15) is 103 Å². The molecule has 2 heterocycles. The summed E-state index contributed by atoms with van der Waals surface area (Å²) < 4.78 is 10.5. The van der Waals surface area contributed by atoms with Crippen molar-refractivity contribution in [2.45, 2.75) is 139 Å². The first kappa shape index (κ1) is 36.2. The van der Waals surface area contributed by atoms with Gasteiger partial charge in [-0.2, -0.15) is 0 Å². The van der Waals surface area contributed by atoms with Crippen molar-refractivity contribution in [2.24, 2.45) is 23.3 Å². The number of carboxylic acid groups (broad SMARTS) is 2. The largest absolute Gasteiger partial charge is 0.481 e. The highest BCUT2D eigenvalue weighted by Crippen LogP contribution is 2.27. The van der Waals surface area contributed by atoms with Gasteiger partial charge in [-0.25, -0.2) is 0 Å². The number of aliphatic carboxylic acids is 2. The molecule has 0 aromatic carbocycles. The van der Waals surface area contributed by atoms with Crippen LogP contribution >= 0.6 is 0 Å². The fraction of sp³-hybridized carbons (Fsp3) is 0.857. The number of nitrogens with one attached hydrogen (secondary N) is 2. The maximum absolute atomic E-state index is 12.1. The molecule has 0 aromatic rings. The van der Waals surface area contributed by atoms with E-state index in [1.54, 1.807) is 0 Å². The molecule has 10 N–H and O–H groups in total. The third kappa shape index (κ3) is 13.0. The molecule has 0 radical (unpaired) electrons. The lowest BCUT2D eigenvalue weighted by Crippen LogP contribution is -2.53. The van der Waals surface area contributed by atoms with E-state index >= 15 is 0 Å². The Morgan fingerprint density at radius 3 is 1.20 bits per heavy atom. The summed E-state index contributed by atoms with van der Waals surface area (Å²) in [5.41, 5.74) is 11.7. The predicted octanol–water partition coefficient (Wildman–Crippen LogP) is 0.104. The number of carbonyl (C=O) groups is 4. The zero-order valence-corrected chi connectivity index (χ0v) is 25.5. The summed E-state index contributed by atoms with van der Waals surface area (Å²) in [6, 6.07) is 0.526. The molecule has 14 nitrogen and oxygen atoms in total. The van der Waals surface area contributed by atoms with E-state index in [4.69, 9.17) is 31.0 Å². The molecule has 2 amide bonds. The van der Waals surface area contributed by atoms with Crippen LogP contribution in [0.4, 0.5) is 0 Å². The van der Waals surface area contributed by atoms with Crippen LogP contribution in [0.5, 0.6) is 0 Å². The average Bonchev–Trinajstić information content (AvgIpc) is 2.94. The Morgan fingerprint density at radius 1 is 0.568 bits per heavy atom. The van der Waals surface area contributed by atoms with Gasteiger partial charge in [0.2, 0.25) is 11.8 Å². The highest BCUT2D eigenvalue weighted by atomic mass is 16.5. The van der Waals surface area contributed by atoms with E-state index in [-0.39, 0.29) is 36.7 Å². The number of hydrogen-bond acceptors (Lipinski definition) is 10. The second-order valence-electron chi connectivity index (χ2n) is 13.0. The molecular formula is C28H50B2N4O10. The lowest BCUT2D eigenvalue weighted by Gasteiger charge is -2.31. The van der Waals surface area contributed by atoms with E-state index in [9.17, 15) is 29.2 Å². The normalized spacial score (nSPS) is 32.5. The van der Waals surface area contributed by atoms with Crippen molar-refractivity contribution in [3.8, 4) is 0 Å². The molecule has 248 valence electrons. The monoisotopic (exact) mass is 624 g/mol. The lowest BCUT2D eigenvalue weighted by molar-refractivity contribution is -0.140. The number of carbonyl (C=O) groups excluding carboxylic acids is 2. The molecule has 44 heavy (non-hydrogen) atoms. The molecule has 4 rings (SSSR count). The first-order chi connectivity index (χ1) is 20.9. The van der Waals surface area contributed by atoms with Crippen molar-refractivity contribution < 1.29 is 48.7 Å². The first-order valence-corrected chi connectivity index (χ1v) is 16.1. The maximum Gasteiger partial charge on any atom is 0.478 e. The standard InChI is InChI=1S/2C14H25BN2O5/c2*16-10-3-1-9(2-4-10)7-13(18)17-12-6-5-11(8-14(19)20)22-15(12)21/h2*9-12,21H,1-8,16H2,(H,17,18)(H,19,20)/t2*9?,10?,11-,12-/m00/s1. The van der Waals surface area contributed by atoms with E-state index in [0.29, 0.717) is 50.4 Å². The van der Waals surface area contributed by atoms with Crippen molar-refractivity contribution >= 4 is 38.0 Å². The molecule has 2 aliphatic carbocycles. The Bertz CT molecular complexity index is 875. The highest BCUT2D eigenvalue weighted by Gasteiger charge is 2.38. The molecule has 0 bridgehead atoms. The predicted molar refractivity (Wildman–Crippen MR) is 162 cm³/mol. The van der Waals surface area contributed by atoms with Crippen LogP contribution in [0, 0.1) is 11.8 Å². The summed E-state index contributed by atoms with van der Waals surface area (Å²) in [5.74, 6) is -2.24. The number of carboxylic acids is 2. The molecule has 0 unspecified atom stereocenters. The van der Waals surface area contributed by atoms with Crippen molar-refractivity contribution in [3.63, 3.8) is 0 Å². The van der Waals surface area contributed by atoms with Crippen LogP contribution < -0.4 is 22.1 Å². The smallest absolute Gasteiger partial charge is 0.478 e. The molecule has 16 heteroatoms. The summed E-state index contributed by atoms with van der Waals surface area (Å²) in [5, 5.41) is 42.9. The molecule has 2 saturated carbocycles. The van der Waals surface area contributed by atoms with E-state index < -0.39 is 50.3 Å². The van der Waals surface area contributed by atoms with Gasteiger partial charge in [0.25, 0.3) is 0 Å². The molecule has 4 aliphatic rings. The molecule has 0 aromatic heterocycles. The Kier molecular flexibility index (Phi) is 14.9. The highest BCUT2D eigenvalue weighted by molar-refractivity contribution is 6.46. The Labute approximate surface area is 259 Å². The van der Waals surface area contributed by atoms with Crippen LogP contribution in [-0.4, -0.2) is 94.4 Å². The van der Waals surface area contributed by atoms with Crippen molar-refractivity contribution in [2.75, 3.05) is 0 Å². The van der Waals surface area contributed by atoms with Crippen LogP contribution in [0.2, 0.25) is 0 Å². The molecular weight excluding hydrogens is 574 g/mol. The summed E-state index contributed by atoms with van der Waals surface area (Å²) >= 11 is 0. The second kappa shape index (κ2) is 18.1. The van der Waals surface area contributed by atoms with E-state index in [1.807, 2.05) is 0 Å². The third-order valence-electron chi connectivity index (χ3n) is 9.18. The summed E-state index contributed by atoms with van der Waals surface area (Å²) in [6.45, 7) is 0. The molecule has 4 fully saturated rings. The Morgan fingerprint density at radius 2 is 0.909 bits per heavy atom.